The van der Waals surface area contributed by atoms with Crippen LogP contribution in [-0.2, 0) is 0 Å². The summed E-state index contributed by atoms with van der Waals surface area (Å²) < 4.78 is 1.35. The zero-order valence-corrected chi connectivity index (χ0v) is 24.1. The second kappa shape index (κ2) is 8.64. The number of benzene rings is 8. The maximum absolute atomic E-state index is 2.43. The van der Waals surface area contributed by atoms with Gasteiger partial charge in [0.15, 0.2) is 0 Å². The van der Waals surface area contributed by atoms with Crippen LogP contribution < -0.4 is 0 Å². The van der Waals surface area contributed by atoms with Crippen molar-refractivity contribution in [3.8, 4) is 43.8 Å². The van der Waals surface area contributed by atoms with E-state index in [2.05, 4.69) is 146 Å². The highest BCUT2D eigenvalue weighted by molar-refractivity contribution is 7.23. The Balaban J connectivity index is 1.19. The number of hydrogen-bond donors (Lipinski definition) is 0. The first-order chi connectivity index (χ1) is 21.3. The van der Waals surface area contributed by atoms with Gasteiger partial charge in [0.25, 0.3) is 0 Å². The molecule has 10 rings (SSSR count). The zero-order valence-electron chi connectivity index (χ0n) is 23.3. The van der Waals surface area contributed by atoms with E-state index in [1.807, 2.05) is 11.3 Å². The van der Waals surface area contributed by atoms with Crippen molar-refractivity contribution >= 4 is 64.5 Å². The Morgan fingerprint density at radius 2 is 0.860 bits per heavy atom. The van der Waals surface area contributed by atoms with Crippen LogP contribution in [0.3, 0.4) is 0 Å². The Labute approximate surface area is 253 Å². The van der Waals surface area contributed by atoms with Gasteiger partial charge < -0.3 is 0 Å². The van der Waals surface area contributed by atoms with Crippen LogP contribution in [0.4, 0.5) is 0 Å². The molecule has 1 aromatic heterocycles. The lowest BCUT2D eigenvalue weighted by molar-refractivity contribution is 1.62. The first-order valence-corrected chi connectivity index (χ1v) is 15.7. The van der Waals surface area contributed by atoms with Crippen LogP contribution in [0, 0.1) is 0 Å². The topological polar surface area (TPSA) is 0 Å². The summed E-state index contributed by atoms with van der Waals surface area (Å²) in [5.41, 5.74) is 9.18. The highest BCUT2D eigenvalue weighted by Gasteiger charge is 2.26. The summed E-state index contributed by atoms with van der Waals surface area (Å²) in [6, 6.07) is 54.1. The smallest absolute Gasteiger partial charge is 0.0440 e. The molecular weight excluding hydrogens is 537 g/mol. The van der Waals surface area contributed by atoms with Crippen LogP contribution >= 0.6 is 11.3 Å². The lowest BCUT2D eigenvalue weighted by Gasteiger charge is -2.14. The normalized spacial score (nSPS) is 12.2. The third-order valence-corrected chi connectivity index (χ3v) is 10.6. The minimum atomic E-state index is 1.25. The maximum Gasteiger partial charge on any atom is 0.0440 e. The average molecular weight is 561 g/mol. The van der Waals surface area contributed by atoms with E-state index in [9.17, 15) is 0 Å². The average Bonchev–Trinajstić information content (AvgIpc) is 3.61. The Kier molecular flexibility index (Phi) is 4.69. The molecular formula is C42H24S. The van der Waals surface area contributed by atoms with Crippen molar-refractivity contribution in [2.45, 2.75) is 0 Å². The van der Waals surface area contributed by atoms with Crippen LogP contribution in [0.1, 0.15) is 0 Å². The van der Waals surface area contributed by atoms with Crippen LogP contribution in [0.2, 0.25) is 0 Å². The quantitative estimate of drug-likeness (QED) is 0.184. The molecule has 0 unspecified atom stereocenters. The van der Waals surface area contributed by atoms with Gasteiger partial charge in [0.05, 0.1) is 0 Å². The molecule has 1 heterocycles. The molecule has 1 aliphatic carbocycles. The molecule has 1 heteroatoms. The number of rotatable bonds is 2. The molecule has 0 N–H and O–H groups in total. The van der Waals surface area contributed by atoms with E-state index in [1.54, 1.807) is 0 Å². The third kappa shape index (κ3) is 3.20. The molecule has 0 radical (unpaired) electrons. The summed E-state index contributed by atoms with van der Waals surface area (Å²) in [6.07, 6.45) is 0. The molecule has 0 amide bonds. The largest absolute Gasteiger partial charge is 0.135 e. The number of hydrogen-bond acceptors (Lipinski definition) is 1. The Morgan fingerprint density at radius 1 is 0.349 bits per heavy atom. The molecule has 0 fully saturated rings. The minimum absolute atomic E-state index is 1.25. The van der Waals surface area contributed by atoms with Gasteiger partial charge in [0.2, 0.25) is 0 Å². The zero-order chi connectivity index (χ0) is 28.1. The summed E-state index contributed by atoms with van der Waals surface area (Å²) in [7, 11) is 0. The van der Waals surface area contributed by atoms with Crippen molar-refractivity contribution in [3.05, 3.63) is 146 Å². The predicted octanol–water partition coefficient (Wildman–Crippen LogP) is 12.5. The second-order valence-electron chi connectivity index (χ2n) is 11.6. The van der Waals surface area contributed by atoms with Crippen molar-refractivity contribution in [2.75, 3.05) is 0 Å². The van der Waals surface area contributed by atoms with Gasteiger partial charge >= 0.3 is 0 Å². The minimum Gasteiger partial charge on any atom is -0.135 e. The van der Waals surface area contributed by atoms with Crippen LogP contribution in [0.5, 0.6) is 0 Å². The Bertz CT molecular complexity index is 2580. The fraction of sp³-hybridized carbons (Fsp3) is 0. The first-order valence-electron chi connectivity index (χ1n) is 14.9. The monoisotopic (exact) mass is 560 g/mol. The van der Waals surface area contributed by atoms with E-state index in [0.29, 0.717) is 0 Å². The van der Waals surface area contributed by atoms with Gasteiger partial charge in [0, 0.05) is 26.1 Å². The van der Waals surface area contributed by atoms with Gasteiger partial charge in [-0.05, 0) is 89.1 Å². The molecule has 8 aromatic carbocycles. The molecule has 0 nitrogen and oxygen atoms in total. The molecule has 0 bridgehead atoms. The van der Waals surface area contributed by atoms with Gasteiger partial charge in [-0.15, -0.1) is 11.3 Å². The van der Waals surface area contributed by atoms with E-state index < -0.39 is 0 Å². The molecule has 0 atom stereocenters. The summed E-state index contributed by atoms with van der Waals surface area (Å²) in [6.45, 7) is 0. The lowest BCUT2D eigenvalue weighted by atomic mass is 9.89. The molecule has 198 valence electrons. The SMILES string of the molecule is c1ccc(-c2ccc3c4ccccc4c4ccccc4c3c2)c(-c2ccc3sc4c(c3c2)-c2cccc3cccc-4c23)c1. The number of thiophene rings is 1. The highest BCUT2D eigenvalue weighted by atomic mass is 32.1. The van der Waals surface area contributed by atoms with E-state index in [4.69, 9.17) is 0 Å². The maximum atomic E-state index is 2.43. The van der Waals surface area contributed by atoms with Gasteiger partial charge in [0.1, 0.15) is 0 Å². The fourth-order valence-corrected chi connectivity index (χ4v) is 8.75. The van der Waals surface area contributed by atoms with Crippen molar-refractivity contribution in [3.63, 3.8) is 0 Å². The van der Waals surface area contributed by atoms with Gasteiger partial charge in [-0.3, -0.25) is 0 Å². The third-order valence-electron chi connectivity index (χ3n) is 9.40. The van der Waals surface area contributed by atoms with Crippen LogP contribution in [0.15, 0.2) is 146 Å². The predicted molar refractivity (Wildman–Crippen MR) is 187 cm³/mol. The highest BCUT2D eigenvalue weighted by Crippen LogP contribution is 2.55. The first kappa shape index (κ1) is 23.3. The van der Waals surface area contributed by atoms with Crippen LogP contribution in [-0.4, -0.2) is 0 Å². The molecule has 9 aromatic rings. The van der Waals surface area contributed by atoms with Gasteiger partial charge in [-0.2, -0.15) is 0 Å². The molecule has 43 heavy (non-hydrogen) atoms. The molecule has 0 saturated carbocycles. The summed E-state index contributed by atoms with van der Waals surface area (Å²) in [4.78, 5) is 1.40. The Hall–Kier alpha value is -5.24. The van der Waals surface area contributed by atoms with Crippen molar-refractivity contribution < 1.29 is 0 Å². The molecule has 0 aliphatic heterocycles. The standard InChI is InChI=1S/C42H24S/c1-2-12-29(27-20-22-39-38(24-27)41-35-17-7-9-25-10-8-18-36(40(25)35)42(41)43-39)28(11-1)26-19-21-34-32-15-4-3-13-30(32)31-14-5-6-16-33(31)37(34)23-26/h1-24H. The molecule has 0 saturated heterocycles. The van der Waals surface area contributed by atoms with Gasteiger partial charge in [-0.25, -0.2) is 0 Å². The molecule has 1 aliphatic rings. The van der Waals surface area contributed by atoms with E-state index in [-0.39, 0.29) is 0 Å². The Morgan fingerprint density at radius 3 is 1.53 bits per heavy atom. The van der Waals surface area contributed by atoms with Crippen molar-refractivity contribution in [2.24, 2.45) is 0 Å². The van der Waals surface area contributed by atoms with Crippen molar-refractivity contribution in [1.82, 2.24) is 0 Å². The fourth-order valence-electron chi connectivity index (χ4n) is 7.52. The summed E-state index contributed by atoms with van der Waals surface area (Å²) in [5.74, 6) is 0. The summed E-state index contributed by atoms with van der Waals surface area (Å²) >= 11 is 1.92. The van der Waals surface area contributed by atoms with Gasteiger partial charge in [-0.1, -0.05) is 127 Å². The van der Waals surface area contributed by atoms with Crippen LogP contribution in [0.25, 0.3) is 97.0 Å². The molecule has 0 spiro atoms. The number of fused-ring (bicyclic) bond motifs is 11. The second-order valence-corrected chi connectivity index (χ2v) is 12.7. The van der Waals surface area contributed by atoms with E-state index in [0.717, 1.165) is 0 Å². The lowest BCUT2D eigenvalue weighted by Crippen LogP contribution is -1.88. The van der Waals surface area contributed by atoms with Crippen molar-refractivity contribution in [1.29, 1.82) is 0 Å². The van der Waals surface area contributed by atoms with E-state index >= 15 is 0 Å². The van der Waals surface area contributed by atoms with E-state index in [1.165, 1.54) is 97.0 Å². The summed E-state index contributed by atoms with van der Waals surface area (Å²) in [5, 5.41) is 11.9.